The number of aromatic nitrogens is 4. The second kappa shape index (κ2) is 5.00. The van der Waals surface area contributed by atoms with Crippen LogP contribution in [0.2, 0.25) is 0 Å². The Balaban J connectivity index is 1.86. The van der Waals surface area contributed by atoms with Gasteiger partial charge in [0.25, 0.3) is 5.78 Å². The number of furan rings is 1. The molecular formula is C16H12N4O2. The maximum absolute atomic E-state index is 5.34. The molecule has 22 heavy (non-hydrogen) atoms. The van der Waals surface area contributed by atoms with Crippen LogP contribution in [0, 0.1) is 0 Å². The fraction of sp³-hybridized carbons (Fsp3) is 0.0625. The van der Waals surface area contributed by atoms with E-state index in [4.69, 9.17) is 9.15 Å². The molecule has 3 heterocycles. The SMILES string of the molecule is COc1ccc(-c2ccnc3nc(-c4ccco4)nn23)cc1. The van der Waals surface area contributed by atoms with Crippen LogP contribution < -0.4 is 4.74 Å². The van der Waals surface area contributed by atoms with Gasteiger partial charge in [-0.2, -0.15) is 9.50 Å². The first-order chi connectivity index (χ1) is 10.8. The van der Waals surface area contributed by atoms with E-state index < -0.39 is 0 Å². The largest absolute Gasteiger partial charge is 0.497 e. The highest BCUT2D eigenvalue weighted by molar-refractivity contribution is 5.63. The molecule has 108 valence electrons. The minimum atomic E-state index is 0.512. The van der Waals surface area contributed by atoms with Gasteiger partial charge in [0.1, 0.15) is 5.75 Å². The van der Waals surface area contributed by atoms with Gasteiger partial charge in [0.2, 0.25) is 5.82 Å². The highest BCUT2D eigenvalue weighted by atomic mass is 16.5. The van der Waals surface area contributed by atoms with Crippen LogP contribution in [0.15, 0.2) is 59.3 Å². The van der Waals surface area contributed by atoms with E-state index in [-0.39, 0.29) is 0 Å². The number of hydrogen-bond donors (Lipinski definition) is 0. The molecule has 6 nitrogen and oxygen atoms in total. The normalized spacial score (nSPS) is 11.0. The summed E-state index contributed by atoms with van der Waals surface area (Å²) in [7, 11) is 1.65. The first kappa shape index (κ1) is 12.6. The van der Waals surface area contributed by atoms with Crippen LogP contribution in [0.4, 0.5) is 0 Å². The zero-order chi connectivity index (χ0) is 14.9. The third-order valence-corrected chi connectivity index (χ3v) is 3.37. The Hall–Kier alpha value is -3.15. The number of benzene rings is 1. The molecule has 3 aromatic heterocycles. The van der Waals surface area contributed by atoms with E-state index in [9.17, 15) is 0 Å². The van der Waals surface area contributed by atoms with Crippen molar-refractivity contribution in [1.29, 1.82) is 0 Å². The van der Waals surface area contributed by atoms with Crippen molar-refractivity contribution in [3.05, 3.63) is 54.9 Å². The molecule has 0 atom stereocenters. The van der Waals surface area contributed by atoms with Gasteiger partial charge in [-0.25, -0.2) is 4.98 Å². The Morgan fingerprint density at radius 2 is 1.95 bits per heavy atom. The molecule has 0 aliphatic carbocycles. The number of ether oxygens (including phenoxy) is 1. The van der Waals surface area contributed by atoms with Crippen molar-refractivity contribution in [3.63, 3.8) is 0 Å². The molecule has 4 rings (SSSR count). The smallest absolute Gasteiger partial charge is 0.253 e. The van der Waals surface area contributed by atoms with E-state index in [0.29, 0.717) is 17.4 Å². The molecule has 0 saturated carbocycles. The summed E-state index contributed by atoms with van der Waals surface area (Å²) < 4.78 is 12.2. The molecule has 0 amide bonds. The van der Waals surface area contributed by atoms with E-state index in [1.165, 1.54) is 0 Å². The molecule has 1 aromatic carbocycles. The van der Waals surface area contributed by atoms with Crippen molar-refractivity contribution < 1.29 is 9.15 Å². The Labute approximate surface area is 126 Å². The molecule has 0 radical (unpaired) electrons. The lowest BCUT2D eigenvalue weighted by atomic mass is 10.1. The third kappa shape index (κ3) is 2.01. The van der Waals surface area contributed by atoms with Gasteiger partial charge in [0.15, 0.2) is 5.76 Å². The van der Waals surface area contributed by atoms with Gasteiger partial charge in [-0.05, 0) is 42.5 Å². The fourth-order valence-electron chi connectivity index (χ4n) is 2.28. The van der Waals surface area contributed by atoms with Gasteiger partial charge < -0.3 is 9.15 Å². The molecule has 0 aliphatic rings. The van der Waals surface area contributed by atoms with Crippen LogP contribution in [0.5, 0.6) is 5.75 Å². The molecule has 0 N–H and O–H groups in total. The second-order valence-corrected chi connectivity index (χ2v) is 4.68. The molecule has 0 saturated heterocycles. The van der Waals surface area contributed by atoms with E-state index in [1.807, 2.05) is 36.4 Å². The quantitative estimate of drug-likeness (QED) is 0.580. The first-order valence-electron chi connectivity index (χ1n) is 6.75. The number of fused-ring (bicyclic) bond motifs is 1. The van der Waals surface area contributed by atoms with Crippen LogP contribution in [0.1, 0.15) is 0 Å². The summed E-state index contributed by atoms with van der Waals surface area (Å²) in [5, 5.41) is 4.49. The summed E-state index contributed by atoms with van der Waals surface area (Å²) in [6, 6.07) is 13.3. The van der Waals surface area contributed by atoms with Crippen molar-refractivity contribution in [2.24, 2.45) is 0 Å². The number of methoxy groups -OCH3 is 1. The Morgan fingerprint density at radius 3 is 2.68 bits per heavy atom. The maximum atomic E-state index is 5.34. The molecule has 0 bridgehead atoms. The maximum Gasteiger partial charge on any atom is 0.253 e. The molecule has 6 heteroatoms. The fourth-order valence-corrected chi connectivity index (χ4v) is 2.28. The van der Waals surface area contributed by atoms with Crippen molar-refractivity contribution in [3.8, 4) is 28.6 Å². The number of rotatable bonds is 3. The zero-order valence-electron chi connectivity index (χ0n) is 11.8. The molecule has 0 unspecified atom stereocenters. The third-order valence-electron chi connectivity index (χ3n) is 3.37. The van der Waals surface area contributed by atoms with E-state index in [0.717, 1.165) is 17.0 Å². The van der Waals surface area contributed by atoms with Crippen LogP contribution >= 0.6 is 0 Å². The zero-order valence-corrected chi connectivity index (χ0v) is 11.8. The summed E-state index contributed by atoms with van der Waals surface area (Å²) in [6.07, 6.45) is 3.31. The van der Waals surface area contributed by atoms with Gasteiger partial charge in [-0.3, -0.25) is 0 Å². The lowest BCUT2D eigenvalue weighted by molar-refractivity contribution is 0.415. The second-order valence-electron chi connectivity index (χ2n) is 4.68. The van der Waals surface area contributed by atoms with Crippen LogP contribution in [0.3, 0.4) is 0 Å². The monoisotopic (exact) mass is 292 g/mol. The van der Waals surface area contributed by atoms with Crippen molar-refractivity contribution in [2.75, 3.05) is 7.11 Å². The van der Waals surface area contributed by atoms with Gasteiger partial charge >= 0.3 is 0 Å². The Morgan fingerprint density at radius 1 is 1.09 bits per heavy atom. The summed E-state index contributed by atoms with van der Waals surface area (Å²) in [6.45, 7) is 0. The predicted molar refractivity (Wildman–Crippen MR) is 80.5 cm³/mol. The average molecular weight is 292 g/mol. The minimum Gasteiger partial charge on any atom is -0.497 e. The molecule has 0 fully saturated rings. The van der Waals surface area contributed by atoms with Crippen molar-refractivity contribution >= 4 is 5.78 Å². The number of hydrogen-bond acceptors (Lipinski definition) is 5. The highest BCUT2D eigenvalue weighted by Crippen LogP contribution is 2.23. The molecular weight excluding hydrogens is 280 g/mol. The summed E-state index contributed by atoms with van der Waals surface area (Å²) in [5.74, 6) is 2.47. The van der Waals surface area contributed by atoms with Crippen LogP contribution in [-0.2, 0) is 0 Å². The molecule has 0 aliphatic heterocycles. The van der Waals surface area contributed by atoms with Gasteiger partial charge in [0.05, 0.1) is 19.1 Å². The Bertz CT molecular complexity index is 911. The van der Waals surface area contributed by atoms with Crippen molar-refractivity contribution in [2.45, 2.75) is 0 Å². The minimum absolute atomic E-state index is 0.512. The summed E-state index contributed by atoms with van der Waals surface area (Å²) >= 11 is 0. The van der Waals surface area contributed by atoms with E-state index >= 15 is 0 Å². The lowest BCUT2D eigenvalue weighted by Crippen LogP contribution is -1.96. The van der Waals surface area contributed by atoms with Gasteiger partial charge in [-0.15, -0.1) is 5.10 Å². The van der Waals surface area contributed by atoms with Crippen LogP contribution in [-0.4, -0.2) is 26.7 Å². The number of nitrogens with zero attached hydrogens (tertiary/aromatic N) is 4. The topological polar surface area (TPSA) is 65.5 Å². The van der Waals surface area contributed by atoms with Gasteiger partial charge in [0, 0.05) is 11.8 Å². The molecule has 4 aromatic rings. The Kier molecular flexibility index (Phi) is 2.86. The average Bonchev–Trinajstić information content (AvgIpc) is 3.23. The van der Waals surface area contributed by atoms with Gasteiger partial charge in [-0.1, -0.05) is 0 Å². The molecule has 0 spiro atoms. The van der Waals surface area contributed by atoms with Crippen LogP contribution in [0.25, 0.3) is 28.6 Å². The first-order valence-corrected chi connectivity index (χ1v) is 6.75. The van der Waals surface area contributed by atoms with Crippen molar-refractivity contribution in [1.82, 2.24) is 19.6 Å². The standard InChI is InChI=1S/C16H12N4O2/c1-21-12-6-4-11(5-7-12)13-8-9-17-16-18-15(19-20(13)16)14-3-2-10-22-14/h2-10H,1H3. The summed E-state index contributed by atoms with van der Waals surface area (Å²) in [4.78, 5) is 8.65. The highest BCUT2D eigenvalue weighted by Gasteiger charge is 2.12. The lowest BCUT2D eigenvalue weighted by Gasteiger charge is -2.04. The summed E-state index contributed by atoms with van der Waals surface area (Å²) in [5.41, 5.74) is 1.90. The predicted octanol–water partition coefficient (Wildman–Crippen LogP) is 3.06. The van der Waals surface area contributed by atoms with E-state index in [1.54, 1.807) is 30.2 Å². The van der Waals surface area contributed by atoms with E-state index in [2.05, 4.69) is 15.1 Å².